The number of hydrogen-bond acceptors (Lipinski definition) is 3. The number of halogens is 1. The van der Waals surface area contributed by atoms with Gasteiger partial charge in [0.2, 0.25) is 5.91 Å². The van der Waals surface area contributed by atoms with Gasteiger partial charge in [0.25, 0.3) is 0 Å². The van der Waals surface area contributed by atoms with Gasteiger partial charge >= 0.3 is 5.76 Å². The Bertz CT molecular complexity index is 927. The number of nitrogens with zero attached hydrogens (tertiary/aromatic N) is 1. The first-order valence-electron chi connectivity index (χ1n) is 7.63. The highest BCUT2D eigenvalue weighted by Crippen LogP contribution is 2.18. The second-order valence-electron chi connectivity index (χ2n) is 5.66. The predicted octanol–water partition coefficient (Wildman–Crippen LogP) is 3.17. The number of oxazole rings is 1. The number of carbonyl (C=O) groups excluding carboxylic acids is 1. The van der Waals surface area contributed by atoms with Crippen LogP contribution in [0.5, 0.6) is 0 Å². The molecule has 1 heterocycles. The van der Waals surface area contributed by atoms with Crippen LogP contribution in [0, 0.1) is 5.82 Å². The van der Waals surface area contributed by atoms with Crippen LogP contribution < -0.4 is 11.1 Å². The summed E-state index contributed by atoms with van der Waals surface area (Å²) in [5, 5.41) is 2.83. The Morgan fingerprint density at radius 3 is 2.50 bits per heavy atom. The van der Waals surface area contributed by atoms with Crippen molar-refractivity contribution < 1.29 is 13.6 Å². The highest BCUT2D eigenvalue weighted by Gasteiger charge is 2.22. The normalized spacial score (nSPS) is 13.6. The quantitative estimate of drug-likeness (QED) is 0.800. The second-order valence-corrected chi connectivity index (χ2v) is 5.66. The van der Waals surface area contributed by atoms with Crippen molar-refractivity contribution in [2.75, 3.05) is 0 Å². The first-order valence-corrected chi connectivity index (χ1v) is 7.63. The van der Waals surface area contributed by atoms with E-state index in [9.17, 15) is 14.0 Å². The fourth-order valence-electron chi connectivity index (χ4n) is 2.64. The van der Waals surface area contributed by atoms with Crippen LogP contribution >= 0.6 is 0 Å². The van der Waals surface area contributed by atoms with E-state index < -0.39 is 11.8 Å². The summed E-state index contributed by atoms with van der Waals surface area (Å²) in [6.45, 7) is 3.43. The monoisotopic (exact) mass is 328 g/mol. The molecule has 0 radical (unpaired) electrons. The van der Waals surface area contributed by atoms with Crippen LogP contribution in [0.3, 0.4) is 0 Å². The van der Waals surface area contributed by atoms with Crippen LogP contribution in [-0.4, -0.2) is 10.5 Å². The number of hydrogen-bond donors (Lipinski definition) is 1. The van der Waals surface area contributed by atoms with Gasteiger partial charge < -0.3 is 9.73 Å². The van der Waals surface area contributed by atoms with Gasteiger partial charge in [-0.2, -0.15) is 0 Å². The minimum absolute atomic E-state index is 0.311. The summed E-state index contributed by atoms with van der Waals surface area (Å²) < 4.78 is 19.5. The summed E-state index contributed by atoms with van der Waals surface area (Å²) in [5.41, 5.74) is 1.79. The van der Waals surface area contributed by atoms with Gasteiger partial charge in [0, 0.05) is 0 Å². The molecule has 1 N–H and O–H groups in total. The molecular weight excluding hydrogens is 311 g/mol. The maximum absolute atomic E-state index is 13.0. The molecule has 0 aliphatic rings. The molecule has 1 aromatic heterocycles. The molecule has 2 unspecified atom stereocenters. The molecule has 3 rings (SSSR count). The summed E-state index contributed by atoms with van der Waals surface area (Å²) in [7, 11) is 0. The number of fused-ring (bicyclic) bond motifs is 1. The fraction of sp³-hybridized carbons (Fsp3) is 0.222. The average Bonchev–Trinajstić information content (AvgIpc) is 2.90. The molecule has 0 saturated carbocycles. The van der Waals surface area contributed by atoms with Gasteiger partial charge in [0.15, 0.2) is 5.58 Å². The molecule has 0 fully saturated rings. The Labute approximate surface area is 137 Å². The highest BCUT2D eigenvalue weighted by atomic mass is 19.1. The van der Waals surface area contributed by atoms with E-state index in [4.69, 9.17) is 4.42 Å². The lowest BCUT2D eigenvalue weighted by molar-refractivity contribution is -0.124. The number of para-hydroxylation sites is 2. The molecule has 0 bridgehead atoms. The van der Waals surface area contributed by atoms with Gasteiger partial charge in [-0.05, 0) is 43.7 Å². The van der Waals surface area contributed by atoms with E-state index in [1.165, 1.54) is 16.7 Å². The van der Waals surface area contributed by atoms with Crippen molar-refractivity contribution in [1.82, 2.24) is 9.88 Å². The van der Waals surface area contributed by atoms with Gasteiger partial charge in [0.05, 0.1) is 11.6 Å². The standard InChI is InChI=1S/C18H17FN2O3/c1-11(13-7-9-14(19)10-8-13)20-17(22)12(2)21-15-5-3-4-6-16(15)24-18(21)23/h3-12H,1-2H3,(H,20,22). The SMILES string of the molecule is CC(NC(=O)C(C)n1c(=O)oc2ccccc21)c1ccc(F)cc1. The summed E-state index contributed by atoms with van der Waals surface area (Å²) in [5.74, 6) is -1.23. The molecule has 6 heteroatoms. The minimum atomic E-state index is -0.732. The van der Waals surface area contributed by atoms with E-state index >= 15 is 0 Å². The molecule has 2 aromatic carbocycles. The second kappa shape index (κ2) is 6.31. The maximum atomic E-state index is 13.0. The van der Waals surface area contributed by atoms with Crippen molar-refractivity contribution in [2.45, 2.75) is 25.9 Å². The van der Waals surface area contributed by atoms with Crippen molar-refractivity contribution in [2.24, 2.45) is 0 Å². The first-order chi connectivity index (χ1) is 11.5. The van der Waals surface area contributed by atoms with E-state index in [0.717, 1.165) is 5.56 Å². The third-order valence-electron chi connectivity index (χ3n) is 4.01. The minimum Gasteiger partial charge on any atom is -0.408 e. The van der Waals surface area contributed by atoms with Crippen molar-refractivity contribution >= 4 is 17.0 Å². The van der Waals surface area contributed by atoms with Gasteiger partial charge in [-0.3, -0.25) is 9.36 Å². The zero-order valence-corrected chi connectivity index (χ0v) is 13.3. The van der Waals surface area contributed by atoms with Gasteiger partial charge in [-0.25, -0.2) is 9.18 Å². The zero-order valence-electron chi connectivity index (χ0n) is 13.3. The molecule has 124 valence electrons. The topological polar surface area (TPSA) is 64.2 Å². The van der Waals surface area contributed by atoms with Crippen molar-refractivity contribution in [3.05, 3.63) is 70.5 Å². The Morgan fingerprint density at radius 1 is 1.12 bits per heavy atom. The third-order valence-corrected chi connectivity index (χ3v) is 4.01. The molecule has 0 aliphatic carbocycles. The molecule has 0 spiro atoms. The highest BCUT2D eigenvalue weighted by molar-refractivity contribution is 5.83. The van der Waals surface area contributed by atoms with Gasteiger partial charge in [0.1, 0.15) is 11.9 Å². The Morgan fingerprint density at radius 2 is 1.79 bits per heavy atom. The van der Waals surface area contributed by atoms with Crippen molar-refractivity contribution in [3.8, 4) is 0 Å². The van der Waals surface area contributed by atoms with Crippen LogP contribution in [0.15, 0.2) is 57.7 Å². The number of carbonyl (C=O) groups is 1. The van der Waals surface area contributed by atoms with E-state index in [1.807, 2.05) is 0 Å². The molecule has 24 heavy (non-hydrogen) atoms. The molecule has 0 aliphatic heterocycles. The largest absolute Gasteiger partial charge is 0.420 e. The van der Waals surface area contributed by atoms with E-state index in [-0.39, 0.29) is 17.8 Å². The lowest BCUT2D eigenvalue weighted by Crippen LogP contribution is -2.35. The smallest absolute Gasteiger partial charge is 0.408 e. The third kappa shape index (κ3) is 2.95. The lowest BCUT2D eigenvalue weighted by Gasteiger charge is -2.18. The number of amides is 1. The molecular formula is C18H17FN2O3. The lowest BCUT2D eigenvalue weighted by atomic mass is 10.1. The fourth-order valence-corrected chi connectivity index (χ4v) is 2.64. The van der Waals surface area contributed by atoms with E-state index in [0.29, 0.717) is 11.1 Å². The van der Waals surface area contributed by atoms with E-state index in [2.05, 4.69) is 5.32 Å². The summed E-state index contributed by atoms with van der Waals surface area (Å²) in [6.07, 6.45) is 0. The van der Waals surface area contributed by atoms with Crippen LogP contribution in [0.25, 0.3) is 11.1 Å². The van der Waals surface area contributed by atoms with Crippen LogP contribution in [0.4, 0.5) is 4.39 Å². The Hall–Kier alpha value is -2.89. The zero-order chi connectivity index (χ0) is 17.3. The summed E-state index contributed by atoms with van der Waals surface area (Å²) >= 11 is 0. The Kier molecular flexibility index (Phi) is 4.20. The molecule has 3 aromatic rings. The number of aromatic nitrogens is 1. The molecule has 1 amide bonds. The average molecular weight is 328 g/mol. The van der Waals surface area contributed by atoms with Crippen LogP contribution in [-0.2, 0) is 4.79 Å². The number of nitrogens with one attached hydrogen (secondary N) is 1. The molecule has 5 nitrogen and oxygen atoms in total. The predicted molar refractivity (Wildman–Crippen MR) is 88.1 cm³/mol. The Balaban J connectivity index is 1.82. The molecule has 2 atom stereocenters. The van der Waals surface area contributed by atoms with Gasteiger partial charge in [-0.15, -0.1) is 0 Å². The van der Waals surface area contributed by atoms with Crippen LogP contribution in [0.2, 0.25) is 0 Å². The summed E-state index contributed by atoms with van der Waals surface area (Å²) in [4.78, 5) is 24.6. The maximum Gasteiger partial charge on any atom is 0.420 e. The summed E-state index contributed by atoms with van der Waals surface area (Å²) in [6, 6.07) is 11.8. The van der Waals surface area contributed by atoms with Crippen molar-refractivity contribution in [1.29, 1.82) is 0 Å². The van der Waals surface area contributed by atoms with Gasteiger partial charge in [-0.1, -0.05) is 24.3 Å². The number of rotatable bonds is 4. The van der Waals surface area contributed by atoms with Crippen molar-refractivity contribution in [3.63, 3.8) is 0 Å². The number of benzene rings is 2. The first kappa shape index (κ1) is 16.0. The van der Waals surface area contributed by atoms with E-state index in [1.54, 1.807) is 50.2 Å². The van der Waals surface area contributed by atoms with Crippen LogP contribution in [0.1, 0.15) is 31.5 Å². The molecule has 0 saturated heterocycles.